The van der Waals surface area contributed by atoms with Gasteiger partial charge in [0, 0.05) is 24.2 Å². The maximum atomic E-state index is 11.7. The highest BCUT2D eigenvalue weighted by atomic mass is 16.1. The third-order valence-electron chi connectivity index (χ3n) is 3.58. The number of amides is 2. The molecule has 1 aromatic carbocycles. The molecule has 1 aromatic rings. The van der Waals surface area contributed by atoms with Crippen LogP contribution in [0.4, 0.5) is 0 Å². The number of rotatable bonds is 8. The lowest BCUT2D eigenvalue weighted by Crippen LogP contribution is -2.25. The van der Waals surface area contributed by atoms with Gasteiger partial charge < -0.3 is 21.3 Å². The monoisotopic (exact) mass is 306 g/mol. The van der Waals surface area contributed by atoms with Crippen LogP contribution in [0.5, 0.6) is 0 Å². The first-order valence-electron chi connectivity index (χ1n) is 7.27. The van der Waals surface area contributed by atoms with Crippen molar-refractivity contribution in [3.63, 3.8) is 0 Å². The fourth-order valence-electron chi connectivity index (χ4n) is 2.40. The maximum Gasteiger partial charge on any atom is 0.248 e. The van der Waals surface area contributed by atoms with Crippen molar-refractivity contribution in [3.8, 4) is 0 Å². The summed E-state index contributed by atoms with van der Waals surface area (Å²) < 4.78 is 0. The molecule has 0 aliphatic carbocycles. The molecule has 0 radical (unpaired) electrons. The Bertz CT molecular complexity index is 504. The van der Waals surface area contributed by atoms with Crippen LogP contribution in [0.1, 0.15) is 31.8 Å². The first-order valence-corrected chi connectivity index (χ1v) is 7.27. The first kappa shape index (κ1) is 18.1. The minimum Gasteiger partial charge on any atom is -0.366 e. The molecule has 6 heteroatoms. The number of carbonyl (C=O) groups excluding carboxylic acids is 2. The van der Waals surface area contributed by atoms with Crippen molar-refractivity contribution in [1.29, 1.82) is 0 Å². The predicted molar refractivity (Wildman–Crippen MR) is 88.0 cm³/mol. The molecule has 122 valence electrons. The molecular formula is C16H26N4O2. The van der Waals surface area contributed by atoms with E-state index in [2.05, 4.69) is 0 Å². The Hall–Kier alpha value is -1.92. The van der Waals surface area contributed by atoms with Gasteiger partial charge in [0.15, 0.2) is 0 Å². The Kier molecular flexibility index (Phi) is 6.52. The van der Waals surface area contributed by atoms with E-state index in [1.54, 1.807) is 12.1 Å². The Balaban J connectivity index is 3.36. The zero-order chi connectivity index (χ0) is 16.9. The quantitative estimate of drug-likeness (QED) is 0.712. The van der Waals surface area contributed by atoms with Crippen LogP contribution in [0.3, 0.4) is 0 Å². The predicted octanol–water partition coefficient (Wildman–Crippen LogP) is 0.0926. The number of hydrogen-bond acceptors (Lipinski definition) is 4. The van der Waals surface area contributed by atoms with E-state index in [4.69, 9.17) is 11.5 Å². The summed E-state index contributed by atoms with van der Waals surface area (Å²) in [6.45, 7) is 1.52. The van der Waals surface area contributed by atoms with Crippen LogP contribution in [0.2, 0.25) is 0 Å². The highest BCUT2D eigenvalue weighted by Crippen LogP contribution is 2.21. The van der Waals surface area contributed by atoms with E-state index in [9.17, 15) is 9.59 Å². The number of carbonyl (C=O) groups is 2. The van der Waals surface area contributed by atoms with E-state index in [1.807, 2.05) is 38.0 Å². The Morgan fingerprint density at radius 2 is 1.14 bits per heavy atom. The molecule has 0 spiro atoms. The first-order chi connectivity index (χ1) is 10.2. The van der Waals surface area contributed by atoms with E-state index < -0.39 is 11.8 Å². The minimum absolute atomic E-state index is 0.473. The molecule has 0 aromatic heterocycles. The molecule has 0 aliphatic rings. The van der Waals surface area contributed by atoms with Gasteiger partial charge in [-0.25, -0.2) is 0 Å². The summed E-state index contributed by atoms with van der Waals surface area (Å²) in [5.74, 6) is -0.952. The second kappa shape index (κ2) is 7.91. The highest BCUT2D eigenvalue weighted by molar-refractivity contribution is 5.99. The van der Waals surface area contributed by atoms with Crippen molar-refractivity contribution >= 4 is 11.8 Å². The molecule has 6 nitrogen and oxygen atoms in total. The fraction of sp³-hybridized carbons (Fsp3) is 0.500. The lowest BCUT2D eigenvalue weighted by molar-refractivity contribution is 0.0986. The summed E-state index contributed by atoms with van der Waals surface area (Å²) in [5.41, 5.74) is 13.6. The molecule has 0 bridgehead atoms. The van der Waals surface area contributed by atoms with Crippen LogP contribution in [-0.4, -0.2) is 62.9 Å². The Morgan fingerprint density at radius 3 is 1.36 bits per heavy atom. The molecule has 1 rings (SSSR count). The second-order valence-electron chi connectivity index (χ2n) is 5.95. The van der Waals surface area contributed by atoms with Crippen molar-refractivity contribution in [2.45, 2.75) is 12.8 Å². The van der Waals surface area contributed by atoms with Crippen LogP contribution in [0.25, 0.3) is 0 Å². The van der Waals surface area contributed by atoms with Gasteiger partial charge in [-0.1, -0.05) is 0 Å². The van der Waals surface area contributed by atoms with Crippen LogP contribution >= 0.6 is 0 Å². The van der Waals surface area contributed by atoms with E-state index in [1.165, 1.54) is 0 Å². The number of hydrogen-bond donors (Lipinski definition) is 2. The van der Waals surface area contributed by atoms with Crippen LogP contribution in [0, 0.1) is 0 Å². The van der Waals surface area contributed by atoms with Gasteiger partial charge in [0.25, 0.3) is 0 Å². The number of benzene rings is 1. The van der Waals surface area contributed by atoms with Crippen molar-refractivity contribution in [2.75, 3.05) is 41.3 Å². The number of primary amides is 2. The van der Waals surface area contributed by atoms with E-state index >= 15 is 0 Å². The molecule has 0 heterocycles. The largest absolute Gasteiger partial charge is 0.366 e. The van der Waals surface area contributed by atoms with Crippen LogP contribution in [0.15, 0.2) is 12.1 Å². The van der Waals surface area contributed by atoms with E-state index in [-0.39, 0.29) is 0 Å². The summed E-state index contributed by atoms with van der Waals surface area (Å²) in [6.07, 6.45) is 1.30. The maximum absolute atomic E-state index is 11.7. The average Bonchev–Trinajstić information content (AvgIpc) is 2.41. The van der Waals surface area contributed by atoms with Gasteiger partial charge in [0.2, 0.25) is 11.8 Å². The van der Waals surface area contributed by atoms with Gasteiger partial charge in [-0.15, -0.1) is 0 Å². The molecule has 0 saturated carbocycles. The second-order valence-corrected chi connectivity index (χ2v) is 5.95. The molecule has 0 fully saturated rings. The summed E-state index contributed by atoms with van der Waals surface area (Å²) in [5, 5.41) is 0. The molecule has 0 atom stereocenters. The molecule has 2 amide bonds. The van der Waals surface area contributed by atoms with Gasteiger partial charge >= 0.3 is 0 Å². The topological polar surface area (TPSA) is 92.7 Å². The normalized spacial score (nSPS) is 11.2. The lowest BCUT2D eigenvalue weighted by atomic mass is 9.90. The van der Waals surface area contributed by atoms with Crippen molar-refractivity contribution in [1.82, 2.24) is 9.80 Å². The van der Waals surface area contributed by atoms with Gasteiger partial charge in [-0.05, 0) is 64.3 Å². The zero-order valence-electron chi connectivity index (χ0n) is 13.8. The minimum atomic E-state index is -0.476. The van der Waals surface area contributed by atoms with Crippen LogP contribution < -0.4 is 11.5 Å². The van der Waals surface area contributed by atoms with Crippen LogP contribution in [-0.2, 0) is 12.8 Å². The SMILES string of the molecule is CN(C)CCc1c(C(N)=O)ccc(C(N)=O)c1CCN(C)C. The van der Waals surface area contributed by atoms with Crippen molar-refractivity contribution in [2.24, 2.45) is 11.5 Å². The van der Waals surface area contributed by atoms with Gasteiger partial charge in [-0.2, -0.15) is 0 Å². The summed E-state index contributed by atoms with van der Waals surface area (Å²) in [6, 6.07) is 3.21. The lowest BCUT2D eigenvalue weighted by Gasteiger charge is -2.19. The standard InChI is InChI=1S/C16H26N4O2/c1-19(2)9-7-11-12(8-10-20(3)4)14(16(18)22)6-5-13(11)15(17)21/h5-6H,7-10H2,1-4H3,(H2,17,21)(H2,18,22). The number of likely N-dealkylation sites (N-methyl/N-ethyl adjacent to an activating group) is 2. The Labute approximate surface area is 132 Å². The Morgan fingerprint density at radius 1 is 0.818 bits per heavy atom. The van der Waals surface area contributed by atoms with Gasteiger partial charge in [-0.3, -0.25) is 9.59 Å². The van der Waals surface area contributed by atoms with Gasteiger partial charge in [0.05, 0.1) is 0 Å². The van der Waals surface area contributed by atoms with E-state index in [0.717, 1.165) is 24.2 Å². The van der Waals surface area contributed by atoms with Gasteiger partial charge in [0.1, 0.15) is 0 Å². The summed E-state index contributed by atoms with van der Waals surface area (Å²) in [7, 11) is 7.84. The molecule has 22 heavy (non-hydrogen) atoms. The summed E-state index contributed by atoms with van der Waals surface area (Å²) in [4.78, 5) is 27.5. The smallest absolute Gasteiger partial charge is 0.248 e. The third-order valence-corrected chi connectivity index (χ3v) is 3.58. The number of nitrogens with zero attached hydrogens (tertiary/aromatic N) is 2. The van der Waals surface area contributed by atoms with Crippen molar-refractivity contribution in [3.05, 3.63) is 34.4 Å². The number of nitrogens with two attached hydrogens (primary N) is 2. The third kappa shape index (κ3) is 4.82. The van der Waals surface area contributed by atoms with E-state index in [0.29, 0.717) is 24.0 Å². The molecule has 0 aliphatic heterocycles. The molecule has 0 unspecified atom stereocenters. The fourth-order valence-corrected chi connectivity index (χ4v) is 2.40. The summed E-state index contributed by atoms with van der Waals surface area (Å²) >= 11 is 0. The zero-order valence-corrected chi connectivity index (χ0v) is 13.8. The molecular weight excluding hydrogens is 280 g/mol. The van der Waals surface area contributed by atoms with Crippen molar-refractivity contribution < 1.29 is 9.59 Å². The molecule has 4 N–H and O–H groups in total. The molecule has 0 saturated heterocycles. The highest BCUT2D eigenvalue weighted by Gasteiger charge is 2.19. The average molecular weight is 306 g/mol.